The van der Waals surface area contributed by atoms with Crippen LogP contribution in [0.15, 0.2) is 24.5 Å². The van der Waals surface area contributed by atoms with Crippen LogP contribution in [-0.2, 0) is 22.5 Å². The van der Waals surface area contributed by atoms with Crippen molar-refractivity contribution in [3.63, 3.8) is 0 Å². The Bertz CT molecular complexity index is 1410. The predicted molar refractivity (Wildman–Crippen MR) is 139 cm³/mol. The van der Waals surface area contributed by atoms with Crippen molar-refractivity contribution in [2.24, 2.45) is 11.8 Å². The van der Waals surface area contributed by atoms with Crippen molar-refractivity contribution in [1.29, 1.82) is 0 Å². The molecule has 0 spiro atoms. The normalized spacial score (nSPS) is 20.2. The zero-order valence-electron chi connectivity index (χ0n) is 22.5. The molecular weight excluding hydrogens is 524 g/mol. The van der Waals surface area contributed by atoms with Gasteiger partial charge in [-0.05, 0) is 50.7 Å². The van der Waals surface area contributed by atoms with Crippen molar-refractivity contribution >= 4 is 23.4 Å². The largest absolute Gasteiger partial charge is 0.465 e. The first-order valence-corrected chi connectivity index (χ1v) is 13.6. The highest BCUT2D eigenvalue weighted by Gasteiger charge is 2.39. The van der Waals surface area contributed by atoms with Gasteiger partial charge < -0.3 is 15.4 Å². The van der Waals surface area contributed by atoms with Gasteiger partial charge in [-0.3, -0.25) is 14.3 Å². The van der Waals surface area contributed by atoms with Crippen LogP contribution in [-0.4, -0.2) is 61.7 Å². The van der Waals surface area contributed by atoms with E-state index in [0.717, 1.165) is 6.42 Å². The van der Waals surface area contributed by atoms with Crippen molar-refractivity contribution in [1.82, 2.24) is 35.0 Å². The van der Waals surface area contributed by atoms with Crippen LogP contribution >= 0.6 is 0 Å². The first kappa shape index (κ1) is 27.7. The maximum absolute atomic E-state index is 14.0. The van der Waals surface area contributed by atoms with Gasteiger partial charge in [0.15, 0.2) is 5.65 Å². The lowest BCUT2D eigenvalue weighted by Gasteiger charge is -2.33. The summed E-state index contributed by atoms with van der Waals surface area (Å²) >= 11 is 0. The number of halogens is 2. The Kier molecular flexibility index (Phi) is 7.81. The van der Waals surface area contributed by atoms with Gasteiger partial charge in [0.05, 0.1) is 36.3 Å². The number of carbonyl (C=O) groups is 3. The second-order valence-electron chi connectivity index (χ2n) is 10.5. The Hall–Kier alpha value is -3.90. The van der Waals surface area contributed by atoms with Crippen LogP contribution in [0.2, 0.25) is 0 Å². The number of methoxy groups -OCH3 is 1. The molecule has 2 fully saturated rings. The smallest absolute Gasteiger partial charge is 0.339 e. The third-order valence-electron chi connectivity index (χ3n) is 7.88. The van der Waals surface area contributed by atoms with Gasteiger partial charge in [0, 0.05) is 44.5 Å². The molecule has 2 aliphatic rings. The van der Waals surface area contributed by atoms with Gasteiger partial charge in [0.25, 0.3) is 5.91 Å². The van der Waals surface area contributed by atoms with E-state index in [2.05, 4.69) is 25.8 Å². The molecule has 0 radical (unpaired) electrons. The number of nitrogens with one attached hydrogen (secondary N) is 2. The minimum atomic E-state index is -2.73. The van der Waals surface area contributed by atoms with Crippen LogP contribution < -0.4 is 10.6 Å². The van der Waals surface area contributed by atoms with Gasteiger partial charge in [-0.25, -0.2) is 23.1 Å². The summed E-state index contributed by atoms with van der Waals surface area (Å²) in [4.78, 5) is 43.0. The van der Waals surface area contributed by atoms with E-state index in [4.69, 9.17) is 4.74 Å². The fourth-order valence-corrected chi connectivity index (χ4v) is 5.65. The standard InChI is InChI=1S/C27H33F2N7O4/c1-3-35-21(8-12-31-35)25(38)33-23(16-6-9-27(28,29)10-7-16)20-15-36-22(32-20)14-18(26(39)40-2)19(34-36)13-17-5-4-11-30-24(17)37/h8,12,14-17,23H,3-7,9-11,13H2,1-2H3,(H,30,37)(H,33,38). The highest BCUT2D eigenvalue weighted by atomic mass is 19.3. The minimum Gasteiger partial charge on any atom is -0.465 e. The fraction of sp³-hybridized carbons (Fsp3) is 0.556. The zero-order chi connectivity index (χ0) is 28.4. The van der Waals surface area contributed by atoms with Crippen LogP contribution in [0.25, 0.3) is 5.65 Å². The van der Waals surface area contributed by atoms with Crippen molar-refractivity contribution in [2.45, 2.75) is 70.4 Å². The summed E-state index contributed by atoms with van der Waals surface area (Å²) < 4.78 is 36.1. The molecule has 13 heteroatoms. The molecule has 3 aromatic heterocycles. The third-order valence-corrected chi connectivity index (χ3v) is 7.88. The number of aromatic nitrogens is 5. The molecule has 0 bridgehead atoms. The van der Waals surface area contributed by atoms with Crippen molar-refractivity contribution < 1.29 is 27.9 Å². The maximum atomic E-state index is 14.0. The van der Waals surface area contributed by atoms with Crippen molar-refractivity contribution in [2.75, 3.05) is 13.7 Å². The Morgan fingerprint density at radius 1 is 1.27 bits per heavy atom. The number of fused-ring (bicyclic) bond motifs is 1. The van der Waals surface area contributed by atoms with Gasteiger partial charge in [-0.1, -0.05) is 0 Å². The molecule has 11 nitrogen and oxygen atoms in total. The van der Waals surface area contributed by atoms with Crippen molar-refractivity contribution in [3.05, 3.63) is 47.2 Å². The van der Waals surface area contributed by atoms with Gasteiger partial charge >= 0.3 is 5.97 Å². The zero-order valence-corrected chi connectivity index (χ0v) is 22.5. The lowest BCUT2D eigenvalue weighted by molar-refractivity contribution is -0.126. The van der Waals surface area contributed by atoms with Crippen LogP contribution in [0.3, 0.4) is 0 Å². The summed E-state index contributed by atoms with van der Waals surface area (Å²) in [6.07, 6.45) is 4.81. The molecule has 214 valence electrons. The summed E-state index contributed by atoms with van der Waals surface area (Å²) in [6.45, 7) is 2.98. The van der Waals surface area contributed by atoms with E-state index in [0.29, 0.717) is 42.2 Å². The summed E-state index contributed by atoms with van der Waals surface area (Å²) in [5.74, 6) is -4.41. The fourth-order valence-electron chi connectivity index (χ4n) is 5.65. The second-order valence-corrected chi connectivity index (χ2v) is 10.5. The quantitative estimate of drug-likeness (QED) is 0.407. The molecule has 0 aromatic carbocycles. The van der Waals surface area contributed by atoms with Gasteiger partial charge in [0.1, 0.15) is 5.69 Å². The number of esters is 1. The average molecular weight is 558 g/mol. The SMILES string of the molecule is CCn1nccc1C(=O)NC(c1cn2nc(CC3CCCNC3=O)c(C(=O)OC)cc2n1)C1CCC(F)(F)CC1. The van der Waals surface area contributed by atoms with E-state index in [1.54, 1.807) is 23.0 Å². The maximum Gasteiger partial charge on any atom is 0.339 e. The molecule has 1 saturated carbocycles. The number of hydrogen-bond acceptors (Lipinski definition) is 7. The van der Waals surface area contributed by atoms with E-state index in [1.165, 1.54) is 17.8 Å². The Labute approximate surface area is 229 Å². The lowest BCUT2D eigenvalue weighted by atomic mass is 9.81. The molecule has 2 atom stereocenters. The number of ether oxygens (including phenoxy) is 1. The highest BCUT2D eigenvalue weighted by Crippen LogP contribution is 2.41. The number of carbonyl (C=O) groups excluding carboxylic acids is 3. The first-order chi connectivity index (χ1) is 19.2. The van der Waals surface area contributed by atoms with Crippen LogP contribution in [0.4, 0.5) is 8.78 Å². The molecule has 2 N–H and O–H groups in total. The number of nitrogens with zero attached hydrogens (tertiary/aromatic N) is 5. The summed E-state index contributed by atoms with van der Waals surface area (Å²) in [7, 11) is 1.27. The Morgan fingerprint density at radius 2 is 2.05 bits per heavy atom. The molecule has 1 aliphatic heterocycles. The van der Waals surface area contributed by atoms with E-state index >= 15 is 0 Å². The highest BCUT2D eigenvalue weighted by molar-refractivity contribution is 5.93. The monoisotopic (exact) mass is 557 g/mol. The van der Waals surface area contributed by atoms with E-state index < -0.39 is 17.9 Å². The Morgan fingerprint density at radius 3 is 2.75 bits per heavy atom. The number of piperidine rings is 1. The Balaban J connectivity index is 1.51. The topological polar surface area (TPSA) is 133 Å². The molecule has 3 aromatic rings. The molecule has 1 saturated heterocycles. The van der Waals surface area contributed by atoms with Gasteiger partial charge in [-0.2, -0.15) is 10.2 Å². The third kappa shape index (κ3) is 5.68. The molecule has 4 heterocycles. The summed E-state index contributed by atoms with van der Waals surface area (Å²) in [5.41, 5.74) is 1.75. The van der Waals surface area contributed by atoms with Crippen LogP contribution in [0.1, 0.15) is 83.7 Å². The van der Waals surface area contributed by atoms with Crippen molar-refractivity contribution in [3.8, 4) is 0 Å². The van der Waals surface area contributed by atoms with E-state index in [-0.39, 0.29) is 61.3 Å². The molecular formula is C27H33F2N7O4. The van der Waals surface area contributed by atoms with Gasteiger partial charge in [0.2, 0.25) is 11.8 Å². The second kappa shape index (κ2) is 11.3. The molecule has 1 aliphatic carbocycles. The minimum absolute atomic E-state index is 0.0847. The van der Waals surface area contributed by atoms with Crippen LogP contribution in [0, 0.1) is 11.8 Å². The van der Waals surface area contributed by atoms with E-state index in [9.17, 15) is 23.2 Å². The lowest BCUT2D eigenvalue weighted by Crippen LogP contribution is -2.38. The number of hydrogen-bond donors (Lipinski definition) is 2. The average Bonchev–Trinajstić information content (AvgIpc) is 3.59. The number of alkyl halides is 2. The van der Waals surface area contributed by atoms with E-state index in [1.807, 2.05) is 6.92 Å². The number of rotatable bonds is 8. The van der Waals surface area contributed by atoms with Crippen LogP contribution in [0.5, 0.6) is 0 Å². The number of aryl methyl sites for hydroxylation is 1. The molecule has 40 heavy (non-hydrogen) atoms. The number of amides is 2. The summed E-state index contributed by atoms with van der Waals surface area (Å²) in [5, 5.41) is 14.6. The summed E-state index contributed by atoms with van der Waals surface area (Å²) in [6, 6.07) is 2.49. The molecule has 2 amide bonds. The first-order valence-electron chi connectivity index (χ1n) is 13.6. The number of imidazole rings is 1. The van der Waals surface area contributed by atoms with Gasteiger partial charge in [-0.15, -0.1) is 0 Å². The predicted octanol–water partition coefficient (Wildman–Crippen LogP) is 3.10. The molecule has 2 unspecified atom stereocenters. The molecule has 5 rings (SSSR count).